The predicted molar refractivity (Wildman–Crippen MR) is 79.8 cm³/mol. The van der Waals surface area contributed by atoms with E-state index >= 15 is 0 Å². The number of hydrogen-bond donors (Lipinski definition) is 1. The van der Waals surface area contributed by atoms with Crippen LogP contribution < -0.4 is 9.47 Å². The van der Waals surface area contributed by atoms with Crippen LogP contribution in [0, 0.1) is 0 Å². The molecule has 1 aliphatic heterocycles. The smallest absolute Gasteiger partial charge is 0.317 e. The third kappa shape index (κ3) is 4.11. The molecule has 0 aliphatic carbocycles. The molecule has 116 valence electrons. The van der Waals surface area contributed by atoms with Gasteiger partial charge in [0.25, 0.3) is 0 Å². The SMILES string of the molecule is CC(C)N(CC(=O)O)C(C)CCc1ccc2c(c1)OCO2. The third-order valence-electron chi connectivity index (χ3n) is 3.84. The number of rotatable bonds is 7. The zero-order valence-electron chi connectivity index (χ0n) is 12.8. The molecular formula is C16H23NO4. The fraction of sp³-hybridized carbons (Fsp3) is 0.562. The Kier molecular flexibility index (Phi) is 5.07. The maximum absolute atomic E-state index is 10.9. The lowest BCUT2D eigenvalue weighted by molar-refractivity contribution is -0.139. The molecule has 21 heavy (non-hydrogen) atoms. The van der Waals surface area contributed by atoms with Gasteiger partial charge in [-0.3, -0.25) is 9.69 Å². The average molecular weight is 293 g/mol. The van der Waals surface area contributed by atoms with Crippen LogP contribution in [0.4, 0.5) is 0 Å². The molecule has 1 aromatic carbocycles. The Morgan fingerprint density at radius 2 is 2.00 bits per heavy atom. The number of aliphatic carboxylic acids is 1. The molecule has 0 saturated carbocycles. The van der Waals surface area contributed by atoms with E-state index in [1.165, 1.54) is 5.56 Å². The fourth-order valence-corrected chi connectivity index (χ4v) is 2.64. The van der Waals surface area contributed by atoms with Crippen molar-refractivity contribution in [3.63, 3.8) is 0 Å². The lowest BCUT2D eigenvalue weighted by Crippen LogP contribution is -2.42. The number of fused-ring (bicyclic) bond motifs is 1. The minimum atomic E-state index is -0.779. The minimum absolute atomic E-state index is 0.0833. The van der Waals surface area contributed by atoms with Crippen molar-refractivity contribution in [3.8, 4) is 11.5 Å². The number of carbonyl (C=O) groups is 1. The molecule has 0 aromatic heterocycles. The summed E-state index contributed by atoms with van der Waals surface area (Å²) in [6.07, 6.45) is 1.80. The number of carboxylic acids is 1. The molecule has 2 rings (SSSR count). The van der Waals surface area contributed by atoms with Gasteiger partial charge >= 0.3 is 5.97 Å². The molecule has 1 unspecified atom stereocenters. The predicted octanol–water partition coefficient (Wildman–Crippen LogP) is 2.53. The van der Waals surface area contributed by atoms with Crippen LogP contribution in [-0.4, -0.2) is 41.4 Å². The van der Waals surface area contributed by atoms with Crippen molar-refractivity contribution in [2.75, 3.05) is 13.3 Å². The van der Waals surface area contributed by atoms with E-state index < -0.39 is 5.97 Å². The van der Waals surface area contributed by atoms with E-state index in [1.807, 2.05) is 36.9 Å². The monoisotopic (exact) mass is 293 g/mol. The number of nitrogens with zero attached hydrogens (tertiary/aromatic N) is 1. The molecule has 1 N–H and O–H groups in total. The molecular weight excluding hydrogens is 270 g/mol. The quantitative estimate of drug-likeness (QED) is 0.837. The standard InChI is InChI=1S/C16H23NO4/c1-11(2)17(9-16(18)19)12(3)4-5-13-6-7-14-15(8-13)21-10-20-14/h6-8,11-12H,4-5,9-10H2,1-3H3,(H,18,19). The van der Waals surface area contributed by atoms with Gasteiger partial charge in [-0.25, -0.2) is 0 Å². The lowest BCUT2D eigenvalue weighted by Gasteiger charge is -2.31. The highest BCUT2D eigenvalue weighted by Crippen LogP contribution is 2.32. The largest absolute Gasteiger partial charge is 0.480 e. The summed E-state index contributed by atoms with van der Waals surface area (Å²) in [5.41, 5.74) is 1.19. The molecule has 5 nitrogen and oxygen atoms in total. The Morgan fingerprint density at radius 1 is 1.29 bits per heavy atom. The van der Waals surface area contributed by atoms with E-state index in [-0.39, 0.29) is 25.4 Å². The van der Waals surface area contributed by atoms with Crippen LogP contribution >= 0.6 is 0 Å². The number of carboxylic acid groups (broad SMARTS) is 1. The summed E-state index contributed by atoms with van der Waals surface area (Å²) in [4.78, 5) is 13.0. The second-order valence-electron chi connectivity index (χ2n) is 5.74. The summed E-state index contributed by atoms with van der Waals surface area (Å²) < 4.78 is 10.7. The Balaban J connectivity index is 1.93. The molecule has 0 spiro atoms. The zero-order valence-corrected chi connectivity index (χ0v) is 12.8. The van der Waals surface area contributed by atoms with Gasteiger partial charge in [0, 0.05) is 12.1 Å². The summed E-state index contributed by atoms with van der Waals surface area (Å²) in [6.45, 7) is 6.50. The van der Waals surface area contributed by atoms with Crippen LogP contribution in [0.25, 0.3) is 0 Å². The van der Waals surface area contributed by atoms with E-state index in [0.717, 1.165) is 24.3 Å². The van der Waals surface area contributed by atoms with Crippen LogP contribution in [0.5, 0.6) is 11.5 Å². The van der Waals surface area contributed by atoms with Crippen molar-refractivity contribution in [2.24, 2.45) is 0 Å². The van der Waals surface area contributed by atoms with Gasteiger partial charge < -0.3 is 14.6 Å². The van der Waals surface area contributed by atoms with Crippen LogP contribution in [0.3, 0.4) is 0 Å². The number of hydrogen-bond acceptors (Lipinski definition) is 4. The first-order chi connectivity index (χ1) is 9.97. The first kappa shape index (κ1) is 15.6. The molecule has 1 atom stereocenters. The van der Waals surface area contributed by atoms with Gasteiger partial charge in [0.15, 0.2) is 11.5 Å². The Hall–Kier alpha value is -1.75. The van der Waals surface area contributed by atoms with Crippen LogP contribution in [-0.2, 0) is 11.2 Å². The van der Waals surface area contributed by atoms with Gasteiger partial charge in [-0.15, -0.1) is 0 Å². The topological polar surface area (TPSA) is 59.0 Å². The second-order valence-corrected chi connectivity index (χ2v) is 5.74. The highest BCUT2D eigenvalue weighted by Gasteiger charge is 2.20. The van der Waals surface area contributed by atoms with Gasteiger partial charge in [-0.2, -0.15) is 0 Å². The van der Waals surface area contributed by atoms with Crippen molar-refractivity contribution in [2.45, 2.75) is 45.7 Å². The van der Waals surface area contributed by atoms with E-state index in [9.17, 15) is 4.79 Å². The Labute approximate surface area is 125 Å². The van der Waals surface area contributed by atoms with E-state index in [2.05, 4.69) is 6.92 Å². The van der Waals surface area contributed by atoms with Gasteiger partial charge in [-0.1, -0.05) is 6.07 Å². The zero-order chi connectivity index (χ0) is 15.4. The van der Waals surface area contributed by atoms with E-state index in [1.54, 1.807) is 0 Å². The fourth-order valence-electron chi connectivity index (χ4n) is 2.64. The summed E-state index contributed by atoms with van der Waals surface area (Å²) in [5, 5.41) is 9.00. The normalized spacial score (nSPS) is 14.7. The highest BCUT2D eigenvalue weighted by atomic mass is 16.7. The van der Waals surface area contributed by atoms with Crippen molar-refractivity contribution in [1.82, 2.24) is 4.90 Å². The second kappa shape index (κ2) is 6.80. The van der Waals surface area contributed by atoms with Crippen LogP contribution in [0.1, 0.15) is 32.8 Å². The first-order valence-electron chi connectivity index (χ1n) is 7.33. The van der Waals surface area contributed by atoms with Crippen molar-refractivity contribution < 1.29 is 19.4 Å². The Bertz CT molecular complexity index is 501. The van der Waals surface area contributed by atoms with Gasteiger partial charge in [-0.05, 0) is 51.3 Å². The molecule has 0 bridgehead atoms. The third-order valence-corrected chi connectivity index (χ3v) is 3.84. The van der Waals surface area contributed by atoms with Crippen molar-refractivity contribution in [3.05, 3.63) is 23.8 Å². The molecule has 0 saturated heterocycles. The summed E-state index contributed by atoms with van der Waals surface area (Å²) in [7, 11) is 0. The van der Waals surface area contributed by atoms with E-state index in [4.69, 9.17) is 14.6 Å². The number of benzene rings is 1. The molecule has 5 heteroatoms. The number of ether oxygens (including phenoxy) is 2. The van der Waals surface area contributed by atoms with Gasteiger partial charge in [0.05, 0.1) is 6.54 Å². The minimum Gasteiger partial charge on any atom is -0.480 e. The molecule has 0 fully saturated rings. The molecule has 1 aliphatic rings. The van der Waals surface area contributed by atoms with Crippen molar-refractivity contribution in [1.29, 1.82) is 0 Å². The maximum atomic E-state index is 10.9. The summed E-state index contributed by atoms with van der Waals surface area (Å²) in [6, 6.07) is 6.41. The van der Waals surface area contributed by atoms with Gasteiger partial charge in [0.1, 0.15) is 0 Å². The molecule has 0 radical (unpaired) electrons. The van der Waals surface area contributed by atoms with Crippen LogP contribution in [0.2, 0.25) is 0 Å². The summed E-state index contributed by atoms with van der Waals surface area (Å²) >= 11 is 0. The summed E-state index contributed by atoms with van der Waals surface area (Å²) in [5.74, 6) is 0.812. The lowest BCUT2D eigenvalue weighted by atomic mass is 10.0. The maximum Gasteiger partial charge on any atom is 0.317 e. The average Bonchev–Trinajstić information content (AvgIpc) is 2.89. The number of aryl methyl sites for hydroxylation is 1. The highest BCUT2D eigenvalue weighted by molar-refractivity contribution is 5.69. The van der Waals surface area contributed by atoms with E-state index in [0.29, 0.717) is 0 Å². The molecule has 1 aromatic rings. The Morgan fingerprint density at radius 3 is 2.67 bits per heavy atom. The molecule has 0 amide bonds. The molecule has 1 heterocycles. The first-order valence-corrected chi connectivity index (χ1v) is 7.33. The van der Waals surface area contributed by atoms with Crippen LogP contribution in [0.15, 0.2) is 18.2 Å². The van der Waals surface area contributed by atoms with Gasteiger partial charge in [0.2, 0.25) is 6.79 Å². The van der Waals surface area contributed by atoms with Crippen molar-refractivity contribution >= 4 is 5.97 Å².